The van der Waals surface area contributed by atoms with Crippen molar-refractivity contribution in [2.45, 2.75) is 24.6 Å². The second kappa shape index (κ2) is 6.83. The third kappa shape index (κ3) is 3.90. The molecule has 1 aliphatic heterocycles. The highest BCUT2D eigenvalue weighted by Crippen LogP contribution is 2.30. The lowest BCUT2D eigenvalue weighted by molar-refractivity contribution is -0.133. The highest BCUT2D eigenvalue weighted by atomic mass is 35.5. The number of nitrogens with zero attached hydrogens (tertiary/aromatic N) is 3. The maximum atomic E-state index is 12.6. The fourth-order valence-corrected chi connectivity index (χ4v) is 3.52. The van der Waals surface area contributed by atoms with Crippen LogP contribution in [0.5, 0.6) is 0 Å². The van der Waals surface area contributed by atoms with Crippen molar-refractivity contribution in [3.8, 4) is 0 Å². The summed E-state index contributed by atoms with van der Waals surface area (Å²) in [6.45, 7) is 6.01. The minimum absolute atomic E-state index is 0. The molecule has 1 N–H and O–H groups in total. The molecule has 5 nitrogen and oxygen atoms in total. The minimum Gasteiger partial charge on any atom is -0.339 e. The number of hydrogen-bond acceptors (Lipinski definition) is 4. The number of hydrogen-bond donors (Lipinski definition) is 1. The summed E-state index contributed by atoms with van der Waals surface area (Å²) in [4.78, 5) is 14.6. The maximum absolute atomic E-state index is 12.6. The van der Waals surface area contributed by atoms with Crippen LogP contribution in [0.15, 0.2) is 12.4 Å². The van der Waals surface area contributed by atoms with Crippen LogP contribution in [0.2, 0.25) is 0 Å². The predicted molar refractivity (Wildman–Crippen MR) is 85.4 cm³/mol. The van der Waals surface area contributed by atoms with E-state index in [2.05, 4.69) is 24.3 Å². The average Bonchev–Trinajstić information content (AvgIpc) is 2.75. The number of rotatable bonds is 3. The zero-order valence-electron chi connectivity index (χ0n) is 12.4. The van der Waals surface area contributed by atoms with Gasteiger partial charge in [-0.2, -0.15) is 16.9 Å². The van der Waals surface area contributed by atoms with Crippen LogP contribution < -0.4 is 5.32 Å². The molecule has 1 fully saturated rings. The molecule has 1 saturated heterocycles. The molecule has 1 aliphatic rings. The van der Waals surface area contributed by atoms with Crippen LogP contribution in [0.1, 0.15) is 25.5 Å². The first-order valence-electron chi connectivity index (χ1n) is 6.51. The van der Waals surface area contributed by atoms with Gasteiger partial charge in [0.05, 0.1) is 6.20 Å². The Labute approximate surface area is 130 Å². The van der Waals surface area contributed by atoms with Crippen molar-refractivity contribution < 1.29 is 4.79 Å². The fourth-order valence-electron chi connectivity index (χ4n) is 2.41. The Morgan fingerprint density at radius 2 is 2.25 bits per heavy atom. The smallest absolute Gasteiger partial charge is 0.244 e. The Morgan fingerprint density at radius 1 is 1.55 bits per heavy atom. The van der Waals surface area contributed by atoms with Crippen molar-refractivity contribution in [2.75, 3.05) is 25.9 Å². The summed E-state index contributed by atoms with van der Waals surface area (Å²) in [5, 5.41) is 7.25. The summed E-state index contributed by atoms with van der Waals surface area (Å²) in [5.74, 6) is 1.14. The van der Waals surface area contributed by atoms with Gasteiger partial charge >= 0.3 is 0 Å². The monoisotopic (exact) mass is 318 g/mol. The van der Waals surface area contributed by atoms with Gasteiger partial charge in [0.2, 0.25) is 5.91 Å². The summed E-state index contributed by atoms with van der Waals surface area (Å²) < 4.78 is 1.87. The number of likely N-dealkylation sites (N-methyl/N-ethyl adjacent to an activating group) is 1. The SMILES string of the molecule is CNC(C(=O)N1CCSC(C)(C)C1)c1cnn(C)c1.Cl. The Morgan fingerprint density at radius 3 is 2.75 bits per heavy atom. The predicted octanol–water partition coefficient (Wildman–Crippen LogP) is 1.46. The molecule has 2 rings (SSSR count). The van der Waals surface area contributed by atoms with E-state index in [1.54, 1.807) is 10.9 Å². The molecule has 1 aromatic rings. The molecular weight excluding hydrogens is 296 g/mol. The van der Waals surface area contributed by atoms with Crippen molar-refractivity contribution in [1.82, 2.24) is 20.0 Å². The van der Waals surface area contributed by atoms with Crippen LogP contribution in [0.25, 0.3) is 0 Å². The third-order valence-electron chi connectivity index (χ3n) is 3.33. The Balaban J connectivity index is 0.00000200. The van der Waals surface area contributed by atoms with E-state index in [0.717, 1.165) is 24.4 Å². The van der Waals surface area contributed by atoms with Crippen LogP contribution >= 0.6 is 24.2 Å². The van der Waals surface area contributed by atoms with Crippen LogP contribution in [-0.4, -0.2) is 51.2 Å². The summed E-state index contributed by atoms with van der Waals surface area (Å²) in [6.07, 6.45) is 3.64. The Bertz CT molecular complexity index is 463. The number of halogens is 1. The molecule has 0 radical (unpaired) electrons. The van der Waals surface area contributed by atoms with Crippen LogP contribution in [0.3, 0.4) is 0 Å². The van der Waals surface area contributed by atoms with E-state index in [0.29, 0.717) is 0 Å². The number of amides is 1. The van der Waals surface area contributed by atoms with Crippen molar-refractivity contribution in [1.29, 1.82) is 0 Å². The van der Waals surface area contributed by atoms with Gasteiger partial charge in [-0.1, -0.05) is 0 Å². The van der Waals surface area contributed by atoms with Gasteiger partial charge in [-0.05, 0) is 20.9 Å². The molecule has 1 aromatic heterocycles. The largest absolute Gasteiger partial charge is 0.339 e. The highest BCUT2D eigenvalue weighted by molar-refractivity contribution is 8.00. The zero-order valence-corrected chi connectivity index (χ0v) is 14.1. The number of aromatic nitrogens is 2. The molecule has 1 amide bonds. The van der Waals surface area contributed by atoms with Gasteiger partial charge in [0.25, 0.3) is 0 Å². The van der Waals surface area contributed by atoms with Crippen LogP contribution in [-0.2, 0) is 11.8 Å². The van der Waals surface area contributed by atoms with Crippen molar-refractivity contribution >= 4 is 30.1 Å². The molecular formula is C13H23ClN4OS. The van der Waals surface area contributed by atoms with E-state index < -0.39 is 0 Å². The molecule has 2 heterocycles. The number of nitrogens with one attached hydrogen (secondary N) is 1. The summed E-state index contributed by atoms with van der Waals surface area (Å²) >= 11 is 1.93. The highest BCUT2D eigenvalue weighted by Gasteiger charge is 2.33. The first-order chi connectivity index (χ1) is 8.93. The van der Waals surface area contributed by atoms with E-state index >= 15 is 0 Å². The molecule has 1 atom stereocenters. The summed E-state index contributed by atoms with van der Waals surface area (Å²) in [5.41, 5.74) is 0.922. The second-order valence-electron chi connectivity index (χ2n) is 5.54. The molecule has 7 heteroatoms. The topological polar surface area (TPSA) is 50.2 Å². The van der Waals surface area contributed by atoms with Crippen LogP contribution in [0.4, 0.5) is 0 Å². The molecule has 1 unspecified atom stereocenters. The van der Waals surface area contributed by atoms with Gasteiger partial charge in [-0.15, -0.1) is 12.4 Å². The van der Waals surface area contributed by atoms with Gasteiger partial charge in [0.1, 0.15) is 6.04 Å². The normalized spacial score (nSPS) is 19.3. The summed E-state index contributed by atoms with van der Waals surface area (Å²) in [6, 6.07) is -0.299. The standard InChI is InChI=1S/C13H22N4OS.ClH/c1-13(2)9-17(5-6-19-13)12(18)11(14-3)10-7-15-16(4)8-10;/h7-8,11,14H,5-6,9H2,1-4H3;1H. The lowest BCUT2D eigenvalue weighted by Crippen LogP contribution is -2.49. The number of aryl methyl sites for hydroxylation is 1. The molecule has 0 bridgehead atoms. The fraction of sp³-hybridized carbons (Fsp3) is 0.692. The lowest BCUT2D eigenvalue weighted by Gasteiger charge is -2.38. The third-order valence-corrected chi connectivity index (χ3v) is 4.63. The number of carbonyl (C=O) groups excluding carboxylic acids is 1. The van der Waals surface area contributed by atoms with Gasteiger partial charge in [-0.3, -0.25) is 9.48 Å². The lowest BCUT2D eigenvalue weighted by atomic mass is 10.1. The van der Waals surface area contributed by atoms with E-state index in [9.17, 15) is 4.79 Å². The van der Waals surface area contributed by atoms with E-state index in [1.165, 1.54) is 0 Å². The molecule has 0 spiro atoms. The first kappa shape index (κ1) is 17.3. The number of carbonyl (C=O) groups is 1. The van der Waals surface area contributed by atoms with Crippen molar-refractivity contribution in [3.63, 3.8) is 0 Å². The summed E-state index contributed by atoms with van der Waals surface area (Å²) in [7, 11) is 3.68. The van der Waals surface area contributed by atoms with Gasteiger partial charge in [-0.25, -0.2) is 0 Å². The average molecular weight is 319 g/mol. The maximum Gasteiger partial charge on any atom is 0.244 e. The molecule has 114 valence electrons. The first-order valence-corrected chi connectivity index (χ1v) is 7.50. The van der Waals surface area contributed by atoms with Gasteiger partial charge in [0.15, 0.2) is 0 Å². The second-order valence-corrected chi connectivity index (χ2v) is 7.34. The van der Waals surface area contributed by atoms with E-state index in [1.807, 2.05) is 37.0 Å². The van der Waals surface area contributed by atoms with E-state index in [-0.39, 0.29) is 29.1 Å². The zero-order chi connectivity index (χ0) is 14.0. The van der Waals surface area contributed by atoms with E-state index in [4.69, 9.17) is 0 Å². The molecule has 0 saturated carbocycles. The Kier molecular flexibility index (Phi) is 5.91. The molecule has 0 aromatic carbocycles. The Hall–Kier alpha value is -0.720. The van der Waals surface area contributed by atoms with Crippen LogP contribution in [0, 0.1) is 0 Å². The molecule has 0 aliphatic carbocycles. The number of thioether (sulfide) groups is 1. The van der Waals surface area contributed by atoms with Crippen molar-refractivity contribution in [3.05, 3.63) is 18.0 Å². The van der Waals surface area contributed by atoms with Gasteiger partial charge < -0.3 is 10.2 Å². The van der Waals surface area contributed by atoms with Crippen molar-refractivity contribution in [2.24, 2.45) is 7.05 Å². The minimum atomic E-state index is -0.299. The quantitative estimate of drug-likeness (QED) is 0.916. The molecule has 20 heavy (non-hydrogen) atoms. The van der Waals surface area contributed by atoms with Gasteiger partial charge in [0, 0.05) is 42.4 Å².